The second-order valence-corrected chi connectivity index (χ2v) is 6.18. The summed E-state index contributed by atoms with van der Waals surface area (Å²) >= 11 is 0. The number of benzene rings is 1. The van der Waals surface area contributed by atoms with Crippen molar-refractivity contribution in [3.8, 4) is 0 Å². The predicted molar refractivity (Wildman–Crippen MR) is 81.7 cm³/mol. The number of carbonyl (C=O) groups is 1. The molecule has 1 aliphatic heterocycles. The zero-order chi connectivity index (χ0) is 13.8. The number of hydrogen-bond donors (Lipinski definition) is 1. The van der Waals surface area contributed by atoms with Crippen LogP contribution in [0.1, 0.15) is 32.1 Å². The Hall–Kier alpha value is -1.35. The number of hydrogen-bond acceptors (Lipinski definition) is 2. The number of nitrogens with one attached hydrogen (secondary N) is 1. The van der Waals surface area contributed by atoms with Gasteiger partial charge in [-0.05, 0) is 62.7 Å². The molecule has 1 saturated carbocycles. The van der Waals surface area contributed by atoms with Crippen LogP contribution in [-0.2, 0) is 4.79 Å². The minimum atomic E-state index is 0.301. The highest BCUT2D eigenvalue weighted by molar-refractivity contribution is 5.93. The molecule has 0 radical (unpaired) electrons. The number of para-hydroxylation sites is 1. The molecule has 1 aliphatic carbocycles. The molecule has 0 aromatic heterocycles. The van der Waals surface area contributed by atoms with Crippen molar-refractivity contribution < 1.29 is 4.79 Å². The highest BCUT2D eigenvalue weighted by Gasteiger charge is 2.28. The van der Waals surface area contributed by atoms with Crippen LogP contribution in [0.3, 0.4) is 0 Å². The smallest absolute Gasteiger partial charge is 0.226 e. The third-order valence-electron chi connectivity index (χ3n) is 4.44. The van der Waals surface area contributed by atoms with Crippen molar-refractivity contribution in [2.45, 2.75) is 32.1 Å². The van der Waals surface area contributed by atoms with Gasteiger partial charge in [0.15, 0.2) is 0 Å². The lowest BCUT2D eigenvalue weighted by molar-refractivity contribution is -0.118. The molecule has 2 fully saturated rings. The SMILES string of the molecule is O=C(CCC1CCNC1)N(CC1CC1)c1ccccc1. The fourth-order valence-corrected chi connectivity index (χ4v) is 2.94. The molecule has 1 aromatic rings. The van der Waals surface area contributed by atoms with Gasteiger partial charge in [0.1, 0.15) is 0 Å². The molecule has 1 amide bonds. The Morgan fingerprint density at radius 2 is 1.95 bits per heavy atom. The van der Waals surface area contributed by atoms with E-state index in [-0.39, 0.29) is 0 Å². The quantitative estimate of drug-likeness (QED) is 0.863. The van der Waals surface area contributed by atoms with Gasteiger partial charge in [0, 0.05) is 18.7 Å². The highest BCUT2D eigenvalue weighted by Crippen LogP contribution is 2.32. The Kier molecular flexibility index (Phi) is 4.36. The Morgan fingerprint density at radius 3 is 2.60 bits per heavy atom. The lowest BCUT2D eigenvalue weighted by Crippen LogP contribution is -2.33. The molecule has 2 aliphatic rings. The first-order valence-corrected chi connectivity index (χ1v) is 7.89. The molecule has 1 N–H and O–H groups in total. The van der Waals surface area contributed by atoms with Gasteiger partial charge >= 0.3 is 0 Å². The number of amides is 1. The maximum Gasteiger partial charge on any atom is 0.226 e. The number of nitrogens with zero attached hydrogens (tertiary/aromatic N) is 1. The normalized spacial score (nSPS) is 21.9. The molecular weight excluding hydrogens is 248 g/mol. The molecule has 3 rings (SSSR count). The third-order valence-corrected chi connectivity index (χ3v) is 4.44. The molecular formula is C17H24N2O. The van der Waals surface area contributed by atoms with Crippen LogP contribution < -0.4 is 10.2 Å². The largest absolute Gasteiger partial charge is 0.316 e. The van der Waals surface area contributed by atoms with Crippen molar-refractivity contribution in [1.29, 1.82) is 0 Å². The van der Waals surface area contributed by atoms with Crippen LogP contribution in [0.4, 0.5) is 5.69 Å². The van der Waals surface area contributed by atoms with Crippen LogP contribution >= 0.6 is 0 Å². The van der Waals surface area contributed by atoms with Gasteiger partial charge in [-0.1, -0.05) is 18.2 Å². The van der Waals surface area contributed by atoms with E-state index in [0.717, 1.165) is 37.7 Å². The molecule has 3 heteroatoms. The lowest BCUT2D eigenvalue weighted by atomic mass is 10.0. The first kappa shape index (κ1) is 13.6. The molecule has 1 aromatic carbocycles. The van der Waals surface area contributed by atoms with Crippen LogP contribution in [-0.4, -0.2) is 25.5 Å². The second-order valence-electron chi connectivity index (χ2n) is 6.18. The summed E-state index contributed by atoms with van der Waals surface area (Å²) in [6, 6.07) is 10.1. The first-order valence-electron chi connectivity index (χ1n) is 7.89. The first-order chi connectivity index (χ1) is 9.83. The van der Waals surface area contributed by atoms with Gasteiger partial charge in [0.25, 0.3) is 0 Å². The van der Waals surface area contributed by atoms with Gasteiger partial charge in [-0.3, -0.25) is 4.79 Å². The second kappa shape index (κ2) is 6.40. The summed E-state index contributed by atoms with van der Waals surface area (Å²) in [6.07, 6.45) is 5.50. The lowest BCUT2D eigenvalue weighted by Gasteiger charge is -2.23. The predicted octanol–water partition coefficient (Wildman–Crippen LogP) is 2.82. The number of carbonyl (C=O) groups excluding carboxylic acids is 1. The van der Waals surface area contributed by atoms with E-state index in [1.807, 2.05) is 23.1 Å². The van der Waals surface area contributed by atoms with Gasteiger partial charge in [0.2, 0.25) is 5.91 Å². The molecule has 108 valence electrons. The Labute approximate surface area is 121 Å². The van der Waals surface area contributed by atoms with Crippen LogP contribution in [0.5, 0.6) is 0 Å². The number of rotatable bonds is 6. The van der Waals surface area contributed by atoms with Crippen LogP contribution in [0.15, 0.2) is 30.3 Å². The average Bonchev–Trinajstić information content (AvgIpc) is 3.16. The molecule has 20 heavy (non-hydrogen) atoms. The van der Waals surface area contributed by atoms with Gasteiger partial charge in [-0.25, -0.2) is 0 Å². The topological polar surface area (TPSA) is 32.3 Å². The van der Waals surface area contributed by atoms with Gasteiger partial charge in [-0.2, -0.15) is 0 Å². The van der Waals surface area contributed by atoms with E-state index in [4.69, 9.17) is 0 Å². The fraction of sp³-hybridized carbons (Fsp3) is 0.588. The molecule has 3 nitrogen and oxygen atoms in total. The van der Waals surface area contributed by atoms with Crippen LogP contribution in [0.25, 0.3) is 0 Å². The maximum atomic E-state index is 12.6. The molecule has 1 unspecified atom stereocenters. The monoisotopic (exact) mass is 272 g/mol. The summed E-state index contributed by atoms with van der Waals surface area (Å²) in [5.74, 6) is 1.72. The standard InChI is InChI=1S/C17H24N2O/c20-17(9-8-14-10-11-18-12-14)19(13-15-6-7-15)16-4-2-1-3-5-16/h1-5,14-15,18H,6-13H2. The highest BCUT2D eigenvalue weighted by atomic mass is 16.2. The molecule has 1 heterocycles. The maximum absolute atomic E-state index is 12.6. The minimum Gasteiger partial charge on any atom is -0.316 e. The Bertz CT molecular complexity index is 436. The molecule has 1 atom stereocenters. The van der Waals surface area contributed by atoms with E-state index in [0.29, 0.717) is 18.2 Å². The third kappa shape index (κ3) is 3.60. The summed E-state index contributed by atoms with van der Waals surface area (Å²) in [5, 5.41) is 3.37. The summed E-state index contributed by atoms with van der Waals surface area (Å²) in [4.78, 5) is 14.6. The zero-order valence-corrected chi connectivity index (χ0v) is 12.1. The van der Waals surface area contributed by atoms with Crippen LogP contribution in [0, 0.1) is 11.8 Å². The minimum absolute atomic E-state index is 0.301. The fourth-order valence-electron chi connectivity index (χ4n) is 2.94. The van der Waals surface area contributed by atoms with E-state index in [1.54, 1.807) is 0 Å². The van der Waals surface area contributed by atoms with E-state index in [9.17, 15) is 4.79 Å². The van der Waals surface area contributed by atoms with Crippen LogP contribution in [0.2, 0.25) is 0 Å². The zero-order valence-electron chi connectivity index (χ0n) is 12.1. The number of anilines is 1. The molecule has 0 bridgehead atoms. The van der Waals surface area contributed by atoms with Crippen molar-refractivity contribution in [2.24, 2.45) is 11.8 Å². The van der Waals surface area contributed by atoms with Crippen molar-refractivity contribution in [2.75, 3.05) is 24.5 Å². The van der Waals surface area contributed by atoms with Gasteiger partial charge < -0.3 is 10.2 Å². The van der Waals surface area contributed by atoms with Gasteiger partial charge in [-0.15, -0.1) is 0 Å². The van der Waals surface area contributed by atoms with E-state index >= 15 is 0 Å². The summed E-state index contributed by atoms with van der Waals surface area (Å²) in [6.45, 7) is 3.11. The summed E-state index contributed by atoms with van der Waals surface area (Å²) in [7, 11) is 0. The summed E-state index contributed by atoms with van der Waals surface area (Å²) < 4.78 is 0. The Balaban J connectivity index is 1.60. The van der Waals surface area contributed by atoms with Crippen molar-refractivity contribution in [1.82, 2.24) is 5.32 Å². The summed E-state index contributed by atoms with van der Waals surface area (Å²) in [5.41, 5.74) is 1.06. The average molecular weight is 272 g/mol. The van der Waals surface area contributed by atoms with E-state index < -0.39 is 0 Å². The Morgan fingerprint density at radius 1 is 1.15 bits per heavy atom. The molecule has 1 saturated heterocycles. The van der Waals surface area contributed by atoms with E-state index in [2.05, 4.69) is 17.4 Å². The van der Waals surface area contributed by atoms with Gasteiger partial charge in [0.05, 0.1) is 0 Å². The molecule has 0 spiro atoms. The van der Waals surface area contributed by atoms with Crippen molar-refractivity contribution in [3.05, 3.63) is 30.3 Å². The van der Waals surface area contributed by atoms with E-state index in [1.165, 1.54) is 19.3 Å². The van der Waals surface area contributed by atoms with Crippen molar-refractivity contribution in [3.63, 3.8) is 0 Å². The van der Waals surface area contributed by atoms with Crippen molar-refractivity contribution >= 4 is 11.6 Å².